The van der Waals surface area contributed by atoms with Crippen LogP contribution in [-0.4, -0.2) is 21.3 Å². The maximum absolute atomic E-state index is 10.8. The second-order valence-corrected chi connectivity index (χ2v) is 8.07. The molecule has 0 fully saturated rings. The van der Waals surface area contributed by atoms with E-state index in [9.17, 15) is 4.79 Å². The summed E-state index contributed by atoms with van der Waals surface area (Å²) >= 11 is 6.23. The Morgan fingerprint density at radius 2 is 1.81 bits per heavy atom. The molecule has 0 saturated carbocycles. The van der Waals surface area contributed by atoms with Crippen LogP contribution in [0.1, 0.15) is 41.2 Å². The highest BCUT2D eigenvalue weighted by atomic mass is 35.5. The molecule has 0 unspecified atom stereocenters. The van der Waals surface area contributed by atoms with Crippen molar-refractivity contribution in [3.8, 4) is 0 Å². The van der Waals surface area contributed by atoms with Crippen LogP contribution in [0.4, 0.5) is 0 Å². The maximum atomic E-state index is 10.8. The highest BCUT2D eigenvalue weighted by Crippen LogP contribution is 2.37. The quantitative estimate of drug-likeness (QED) is 0.250. The number of fused-ring (bicyclic) bond motifs is 1. The Morgan fingerprint density at radius 3 is 2.50 bits per heavy atom. The molecule has 1 heterocycles. The van der Waals surface area contributed by atoms with E-state index < -0.39 is 5.97 Å². The summed E-state index contributed by atoms with van der Waals surface area (Å²) in [4.78, 5) is 10.8. The molecule has 4 nitrogen and oxygen atoms in total. The van der Waals surface area contributed by atoms with Crippen LogP contribution in [0.2, 0.25) is 5.02 Å². The number of nitrogens with one attached hydrogen (secondary N) is 1. The van der Waals surface area contributed by atoms with Crippen molar-refractivity contribution in [3.63, 3.8) is 0 Å². The van der Waals surface area contributed by atoms with Crippen molar-refractivity contribution in [2.75, 3.05) is 0 Å². The van der Waals surface area contributed by atoms with Gasteiger partial charge < -0.3 is 5.11 Å². The van der Waals surface area contributed by atoms with E-state index in [0.717, 1.165) is 61.8 Å². The molecule has 32 heavy (non-hydrogen) atoms. The van der Waals surface area contributed by atoms with Crippen molar-refractivity contribution in [2.24, 2.45) is 0 Å². The molecule has 0 atom stereocenters. The summed E-state index contributed by atoms with van der Waals surface area (Å²) in [7, 11) is 0. The van der Waals surface area contributed by atoms with Crippen LogP contribution in [0.3, 0.4) is 0 Å². The van der Waals surface area contributed by atoms with E-state index in [1.807, 2.05) is 48.7 Å². The normalized spacial score (nSPS) is 12.3. The average molecular weight is 443 g/mol. The molecule has 160 valence electrons. The Balaban J connectivity index is 1.93. The van der Waals surface area contributed by atoms with E-state index in [2.05, 4.69) is 42.2 Å². The molecule has 0 bridgehead atoms. The summed E-state index contributed by atoms with van der Waals surface area (Å²) in [6.07, 6.45) is 5.40. The Labute approximate surface area is 191 Å². The van der Waals surface area contributed by atoms with Gasteiger partial charge in [-0.05, 0) is 82.6 Å². The standard InChI is InChI=1S/C27H23ClN2O2/c1-3-23(24-11-10-22(28)14-17(24)2)27(20-9-12-25-21(15-20)16-29-30-25)19-7-4-18(5-8-19)6-13-26(31)32/h4-16H,3H2,1-2H3,(H,29,30)(H,31,32). The summed E-state index contributed by atoms with van der Waals surface area (Å²) in [5.41, 5.74) is 8.62. The predicted octanol–water partition coefficient (Wildman–Crippen LogP) is 6.99. The number of H-pyrrole nitrogens is 1. The molecule has 1 aromatic heterocycles. The summed E-state index contributed by atoms with van der Waals surface area (Å²) in [6, 6.07) is 20.2. The monoisotopic (exact) mass is 442 g/mol. The number of rotatable bonds is 6. The molecule has 2 N–H and O–H groups in total. The lowest BCUT2D eigenvalue weighted by Gasteiger charge is -2.18. The van der Waals surface area contributed by atoms with Crippen molar-refractivity contribution in [1.29, 1.82) is 0 Å². The zero-order valence-corrected chi connectivity index (χ0v) is 18.6. The van der Waals surface area contributed by atoms with E-state index >= 15 is 0 Å². The highest BCUT2D eigenvalue weighted by Gasteiger charge is 2.15. The lowest BCUT2D eigenvalue weighted by molar-refractivity contribution is -0.131. The van der Waals surface area contributed by atoms with Gasteiger partial charge in [0.2, 0.25) is 0 Å². The van der Waals surface area contributed by atoms with Crippen LogP contribution in [-0.2, 0) is 4.79 Å². The third-order valence-corrected chi connectivity index (χ3v) is 5.75. The molecule has 4 rings (SSSR count). The van der Waals surface area contributed by atoms with E-state index in [4.69, 9.17) is 16.7 Å². The van der Waals surface area contributed by atoms with Gasteiger partial charge in [-0.3, -0.25) is 5.10 Å². The fraction of sp³-hybridized carbons (Fsp3) is 0.111. The Bertz CT molecular complexity index is 1350. The first kappa shape index (κ1) is 21.6. The minimum atomic E-state index is -0.963. The van der Waals surface area contributed by atoms with Gasteiger partial charge in [0, 0.05) is 16.5 Å². The van der Waals surface area contributed by atoms with Gasteiger partial charge in [-0.25, -0.2) is 4.79 Å². The molecule has 0 aliphatic carbocycles. The third kappa shape index (κ3) is 4.51. The lowest BCUT2D eigenvalue weighted by atomic mass is 9.86. The van der Waals surface area contributed by atoms with E-state index in [1.165, 1.54) is 5.57 Å². The molecule has 0 amide bonds. The van der Waals surface area contributed by atoms with Crippen molar-refractivity contribution < 1.29 is 9.90 Å². The molecule has 5 heteroatoms. The number of hydrogen-bond acceptors (Lipinski definition) is 2. The number of aliphatic carboxylic acids is 1. The van der Waals surface area contributed by atoms with Gasteiger partial charge in [0.05, 0.1) is 11.7 Å². The topological polar surface area (TPSA) is 66.0 Å². The minimum absolute atomic E-state index is 0.720. The predicted molar refractivity (Wildman–Crippen MR) is 132 cm³/mol. The van der Waals surface area contributed by atoms with Crippen LogP contribution in [0, 0.1) is 6.92 Å². The van der Waals surface area contributed by atoms with Gasteiger partial charge in [0.15, 0.2) is 0 Å². The van der Waals surface area contributed by atoms with Crippen molar-refractivity contribution >= 4 is 45.7 Å². The number of aromatic amines is 1. The molecular formula is C27H23ClN2O2. The summed E-state index contributed by atoms with van der Waals surface area (Å²) in [5.74, 6) is -0.963. The number of benzene rings is 3. The Morgan fingerprint density at radius 1 is 1.06 bits per heavy atom. The van der Waals surface area contributed by atoms with Crippen LogP contribution < -0.4 is 0 Å². The Hall–Kier alpha value is -3.63. The molecule has 3 aromatic carbocycles. The SMILES string of the molecule is CCC(=C(c1ccc(C=CC(=O)O)cc1)c1ccc2[nH]ncc2c1)c1ccc(Cl)cc1C. The van der Waals surface area contributed by atoms with Gasteiger partial charge in [0.25, 0.3) is 0 Å². The summed E-state index contributed by atoms with van der Waals surface area (Å²) in [5, 5.41) is 17.8. The summed E-state index contributed by atoms with van der Waals surface area (Å²) in [6.45, 7) is 4.23. The Kier molecular flexibility index (Phi) is 6.24. The number of hydrogen-bond donors (Lipinski definition) is 2. The van der Waals surface area contributed by atoms with Crippen LogP contribution in [0.5, 0.6) is 0 Å². The molecular weight excluding hydrogens is 420 g/mol. The van der Waals surface area contributed by atoms with Gasteiger partial charge in [-0.2, -0.15) is 5.10 Å². The number of aryl methyl sites for hydroxylation is 1. The second kappa shape index (κ2) is 9.25. The number of carboxylic acid groups (broad SMARTS) is 1. The van der Waals surface area contributed by atoms with E-state index in [1.54, 1.807) is 6.08 Å². The van der Waals surface area contributed by atoms with E-state index in [-0.39, 0.29) is 0 Å². The van der Waals surface area contributed by atoms with Gasteiger partial charge in [-0.1, -0.05) is 54.9 Å². The molecule has 0 aliphatic rings. The number of allylic oxidation sites excluding steroid dienone is 1. The van der Waals surface area contributed by atoms with Gasteiger partial charge >= 0.3 is 5.97 Å². The number of halogens is 1. The first-order chi connectivity index (χ1) is 15.5. The largest absolute Gasteiger partial charge is 0.478 e. The third-order valence-electron chi connectivity index (χ3n) is 5.52. The van der Waals surface area contributed by atoms with Gasteiger partial charge in [0.1, 0.15) is 0 Å². The second-order valence-electron chi connectivity index (χ2n) is 7.63. The first-order valence-corrected chi connectivity index (χ1v) is 10.8. The maximum Gasteiger partial charge on any atom is 0.328 e. The van der Waals surface area contributed by atoms with Crippen LogP contribution in [0.25, 0.3) is 28.1 Å². The highest BCUT2D eigenvalue weighted by molar-refractivity contribution is 6.30. The average Bonchev–Trinajstić information content (AvgIpc) is 3.25. The van der Waals surface area contributed by atoms with Crippen LogP contribution in [0.15, 0.2) is 72.9 Å². The van der Waals surface area contributed by atoms with E-state index in [0.29, 0.717) is 0 Å². The zero-order chi connectivity index (χ0) is 22.7. The lowest BCUT2D eigenvalue weighted by Crippen LogP contribution is -1.97. The van der Waals surface area contributed by atoms with Crippen molar-refractivity contribution in [3.05, 3.63) is 106 Å². The molecule has 0 radical (unpaired) electrons. The number of carboxylic acids is 1. The number of aromatic nitrogens is 2. The van der Waals surface area contributed by atoms with Crippen LogP contribution >= 0.6 is 11.6 Å². The molecule has 0 saturated heterocycles. The fourth-order valence-electron chi connectivity index (χ4n) is 4.01. The smallest absolute Gasteiger partial charge is 0.328 e. The minimum Gasteiger partial charge on any atom is -0.478 e. The summed E-state index contributed by atoms with van der Waals surface area (Å²) < 4.78 is 0. The number of carbonyl (C=O) groups is 1. The van der Waals surface area contributed by atoms with Gasteiger partial charge in [-0.15, -0.1) is 0 Å². The van der Waals surface area contributed by atoms with Crippen molar-refractivity contribution in [1.82, 2.24) is 10.2 Å². The molecule has 0 aliphatic heterocycles. The molecule has 0 spiro atoms. The van der Waals surface area contributed by atoms with Crippen molar-refractivity contribution in [2.45, 2.75) is 20.3 Å². The molecule has 4 aromatic rings. The fourth-order valence-corrected chi connectivity index (χ4v) is 4.24. The zero-order valence-electron chi connectivity index (χ0n) is 17.9. The number of nitrogens with zero attached hydrogens (tertiary/aromatic N) is 1. The first-order valence-electron chi connectivity index (χ1n) is 10.4.